The Morgan fingerprint density at radius 1 is 0.147 bits per heavy atom. The average Bonchev–Trinajstić information content (AvgIpc) is 1.58. The molecular weight excluding hydrogens is 1860 g/mol. The third kappa shape index (κ3) is 18.3. The van der Waals surface area contributed by atoms with Crippen LogP contribution in [-0.2, 0) is 30.4 Å². The van der Waals surface area contributed by atoms with Crippen LogP contribution in [0.5, 0.6) is 0 Å². The maximum Gasteiger partial charge on any atom is 3.00 e. The molecule has 0 aromatic carbocycles. The Bertz CT molecular complexity index is 4090. The van der Waals surface area contributed by atoms with Crippen molar-refractivity contribution in [2.45, 2.75) is 450 Å². The Labute approximate surface area is 834 Å². The van der Waals surface area contributed by atoms with E-state index in [1.54, 1.807) is 0 Å². The Hall–Kier alpha value is 0.172. The topological polar surface area (TPSA) is 460 Å². The molecule has 136 heavy (non-hydrogen) atoms. The molecule has 54 unspecified atom stereocenters. The van der Waals surface area contributed by atoms with Crippen LogP contribution in [0.25, 0.3) is 0 Å². The fraction of sp³-hybridized carbons (Fsp3) is 1.00. The predicted molar refractivity (Wildman–Crippen MR) is 519 cm³/mol. The van der Waals surface area contributed by atoms with Crippen molar-refractivity contribution in [1.82, 2.24) is 128 Å². The molecular formula is C96H162AlCl3N24O9S3. The van der Waals surface area contributed by atoms with Crippen LogP contribution in [-0.4, -0.2) is 236 Å². The van der Waals surface area contributed by atoms with E-state index in [0.29, 0.717) is 126 Å². The first-order valence-corrected chi connectivity index (χ1v) is 61.2. The molecule has 40 heteroatoms. The summed E-state index contributed by atoms with van der Waals surface area (Å²) in [6, 6.07) is 0. The Morgan fingerprint density at radius 3 is 0.346 bits per heavy atom. The molecule has 0 aromatic rings. The van der Waals surface area contributed by atoms with E-state index in [9.17, 15) is 38.9 Å². The van der Waals surface area contributed by atoms with Crippen LogP contribution in [0.15, 0.2) is 0 Å². The Balaban J connectivity index is 0.000000111. The first kappa shape index (κ1) is 98.2. The molecule has 24 bridgehead atoms. The van der Waals surface area contributed by atoms with Gasteiger partial charge in [0.05, 0.1) is 194 Å². The summed E-state index contributed by atoms with van der Waals surface area (Å²) in [5.41, 5.74) is 0. The number of hydrogen-bond acceptors (Lipinski definition) is 33. The van der Waals surface area contributed by atoms with Crippen LogP contribution in [0.2, 0.25) is 0 Å². The normalized spacial score (nSPS) is 55.8. The molecule has 27 fully saturated rings. The zero-order chi connectivity index (χ0) is 91.3. The minimum Gasteiger partial charge on any atom is -0.748 e. The number of rotatable bonds is 3. The van der Waals surface area contributed by atoms with Crippen LogP contribution < -0.4 is 128 Å². The largest absolute Gasteiger partial charge is 3.00 e. The van der Waals surface area contributed by atoms with E-state index >= 15 is 0 Å². The van der Waals surface area contributed by atoms with E-state index in [0.717, 1.165) is 38.5 Å². The number of hydrogen-bond donors (Lipinski definition) is 24. The summed E-state index contributed by atoms with van der Waals surface area (Å²) in [6.07, 6.45) is 51.1. The van der Waals surface area contributed by atoms with Crippen LogP contribution in [0, 0.1) is 142 Å². The van der Waals surface area contributed by atoms with E-state index in [1.165, 1.54) is 212 Å². The molecule has 33 nitrogen and oxygen atoms in total. The fourth-order valence-electron chi connectivity index (χ4n) is 37.0. The molecule has 0 radical (unpaired) electrons. The molecule has 15 saturated heterocycles. The van der Waals surface area contributed by atoms with E-state index in [4.69, 9.17) is 34.8 Å². The van der Waals surface area contributed by atoms with Gasteiger partial charge in [0.25, 0.3) is 0 Å². The van der Waals surface area contributed by atoms with E-state index in [1.807, 2.05) is 0 Å². The van der Waals surface area contributed by atoms with Crippen molar-refractivity contribution < 1.29 is 38.9 Å². The van der Waals surface area contributed by atoms with Crippen LogP contribution in [0.3, 0.4) is 0 Å². The van der Waals surface area contributed by atoms with Crippen molar-refractivity contribution in [3.63, 3.8) is 0 Å². The van der Waals surface area contributed by atoms with E-state index < -0.39 is 62.2 Å². The standard InChI is InChI=1S/3C32H55ClN8O3S.Al/c3*33-22-14-13-21-23(24(22)45(42,43)44)32-40-30-20-12-6-5-11-19(20)28(38-30)36-26-16-8-2-1-7-15(16)25(34-26)35-27-17-9-3-4-10-18(17)29(37-27)39-31(21)41-32;/h3*15-32,34-41H,1-14H2,(H,42,43,44);/q;;;+3/p-3. The van der Waals surface area contributed by atoms with E-state index in [-0.39, 0.29) is 201 Å². The Morgan fingerprint density at radius 2 is 0.243 bits per heavy atom. The van der Waals surface area contributed by atoms with Gasteiger partial charge >= 0.3 is 17.4 Å². The summed E-state index contributed by atoms with van der Waals surface area (Å²) in [5, 5.41) is 91.3. The second-order valence-corrected chi connectivity index (χ2v) is 55.1. The van der Waals surface area contributed by atoms with Crippen molar-refractivity contribution in [3.05, 3.63) is 0 Å². The van der Waals surface area contributed by atoms with Gasteiger partial charge in [-0.3, -0.25) is 128 Å². The van der Waals surface area contributed by atoms with Gasteiger partial charge in [0.1, 0.15) is 0 Å². The SMILES string of the molecule is O=S(=O)([O-])C1C(Cl)CCC2C3NC4NC(NC5NC(NC6NC(NC(N3)C21)C1CCCCC61)C1CCCCC51)C1CCCCC41.O=S(=O)([O-])C1C(Cl)CCC2C3NC4NC(NC5NC(NC6NC(NC(N3)C21)C1CCCCC61)C1CCCCC51)C1CCCCC41.O=S(=O)([O-])C1C(Cl)CCC2C3NC4NC(NC5NC(NC6NC(NC(N3)C21)C1CCCCC61)C1CCCCC51)C1CCCCC41.[Al+3]. The summed E-state index contributed by atoms with van der Waals surface area (Å²) in [4.78, 5) is 0. The fourth-order valence-corrected chi connectivity index (χ4v) is 42.7. The van der Waals surface area contributed by atoms with Crippen LogP contribution in [0.4, 0.5) is 0 Å². The molecule has 15 aliphatic heterocycles. The smallest absolute Gasteiger partial charge is 0.748 e. The number of fused-ring (bicyclic) bond motifs is 60. The van der Waals surface area contributed by atoms with Crippen LogP contribution >= 0.6 is 34.8 Å². The van der Waals surface area contributed by atoms with Crippen molar-refractivity contribution in [2.24, 2.45) is 142 Å². The molecule has 762 valence electrons. The molecule has 0 spiro atoms. The molecule has 54 atom stereocenters. The van der Waals surface area contributed by atoms with Gasteiger partial charge in [-0.05, 0) is 278 Å². The van der Waals surface area contributed by atoms with E-state index in [2.05, 4.69) is 128 Å². The van der Waals surface area contributed by atoms with Gasteiger partial charge in [0.2, 0.25) is 0 Å². The number of alkyl halides is 3. The van der Waals surface area contributed by atoms with Crippen molar-refractivity contribution >= 4 is 82.5 Å². The van der Waals surface area contributed by atoms with Gasteiger partial charge < -0.3 is 13.7 Å². The summed E-state index contributed by atoms with van der Waals surface area (Å²) >= 11 is 20.2. The third-order valence-electron chi connectivity index (χ3n) is 42.7. The molecule has 0 aromatic heterocycles. The minimum atomic E-state index is -4.59. The zero-order valence-corrected chi connectivity index (χ0v) is 85.4. The first-order chi connectivity index (χ1) is 65.5. The van der Waals surface area contributed by atoms with Gasteiger partial charge in [0, 0.05) is 33.9 Å². The summed E-state index contributed by atoms with van der Waals surface area (Å²) in [5.74, 6) is 8.75. The average molecular weight is 2030 g/mol. The third-order valence-corrected chi connectivity index (χ3v) is 48.5. The van der Waals surface area contributed by atoms with Crippen molar-refractivity contribution in [1.29, 1.82) is 0 Å². The quantitative estimate of drug-likeness (QED) is 0.109. The monoisotopic (exact) mass is 2020 g/mol. The van der Waals surface area contributed by atoms with Gasteiger partial charge in [0.15, 0.2) is 0 Å². The van der Waals surface area contributed by atoms with Gasteiger partial charge in [-0.2, -0.15) is 0 Å². The molecule has 0 amide bonds. The number of halogens is 3. The van der Waals surface area contributed by atoms with Crippen LogP contribution in [0.1, 0.15) is 270 Å². The Kier molecular flexibility index (Phi) is 29.0. The van der Waals surface area contributed by atoms with Gasteiger partial charge in [-0.1, -0.05) is 116 Å². The first-order valence-electron chi connectivity index (χ1n) is 55.5. The second kappa shape index (κ2) is 40.2. The number of nitrogens with one attached hydrogen (secondary N) is 24. The molecule has 27 aliphatic rings. The van der Waals surface area contributed by atoms with Crippen molar-refractivity contribution in [3.8, 4) is 0 Å². The van der Waals surface area contributed by atoms with Gasteiger partial charge in [-0.25, -0.2) is 25.3 Å². The summed E-state index contributed by atoms with van der Waals surface area (Å²) in [7, 11) is -13.8. The van der Waals surface area contributed by atoms with Crippen molar-refractivity contribution in [2.75, 3.05) is 0 Å². The predicted octanol–water partition coefficient (Wildman–Crippen LogP) is 3.66. The van der Waals surface area contributed by atoms with Gasteiger partial charge in [-0.15, -0.1) is 34.8 Å². The summed E-state index contributed by atoms with van der Waals surface area (Å²) < 4.78 is 116. The zero-order valence-electron chi connectivity index (χ0n) is 79.5. The molecule has 12 saturated carbocycles. The second-order valence-electron chi connectivity index (χ2n) is 48.8. The minimum absolute atomic E-state index is 0. The molecule has 12 aliphatic carbocycles. The maximum absolute atomic E-state index is 12.8. The molecule has 24 N–H and O–H groups in total. The molecule has 15 heterocycles. The summed E-state index contributed by atoms with van der Waals surface area (Å²) in [6.45, 7) is 0. The maximum atomic E-state index is 12.8. The molecule has 27 rings (SSSR count).